The Bertz CT molecular complexity index is 857. The first-order chi connectivity index (χ1) is 14.4. The Morgan fingerprint density at radius 3 is 2.30 bits per heavy atom. The summed E-state index contributed by atoms with van der Waals surface area (Å²) in [7, 11) is 1.26. The summed E-state index contributed by atoms with van der Waals surface area (Å²) in [6.07, 6.45) is 1.91. The van der Waals surface area contributed by atoms with Crippen molar-refractivity contribution in [3.63, 3.8) is 0 Å². The van der Waals surface area contributed by atoms with Crippen molar-refractivity contribution in [1.82, 2.24) is 10.6 Å². The summed E-state index contributed by atoms with van der Waals surface area (Å²) in [5.41, 5.74) is 1.69. The number of hydrogen-bond donors (Lipinski definition) is 2. The SMILES string of the molecule is COC(=O)[C@H](CCCc1ccccc1)NC(=O)[C@@H](Cc1cccc(F)c1)NC(C)=O. The number of hydrogen-bond acceptors (Lipinski definition) is 4. The Hall–Kier alpha value is -3.22. The molecule has 2 aromatic carbocycles. The molecular formula is C23H27FN2O4. The van der Waals surface area contributed by atoms with Gasteiger partial charge in [0.15, 0.2) is 0 Å². The van der Waals surface area contributed by atoms with Gasteiger partial charge in [-0.1, -0.05) is 42.5 Å². The zero-order valence-corrected chi connectivity index (χ0v) is 17.2. The highest BCUT2D eigenvalue weighted by molar-refractivity contribution is 5.90. The molecule has 0 unspecified atom stereocenters. The average Bonchev–Trinajstić information content (AvgIpc) is 2.72. The summed E-state index contributed by atoms with van der Waals surface area (Å²) in [5.74, 6) is -1.90. The minimum Gasteiger partial charge on any atom is -0.467 e. The summed E-state index contributed by atoms with van der Waals surface area (Å²) in [6.45, 7) is 1.30. The Balaban J connectivity index is 2.03. The van der Waals surface area contributed by atoms with Crippen molar-refractivity contribution in [1.29, 1.82) is 0 Å². The van der Waals surface area contributed by atoms with Crippen LogP contribution in [-0.2, 0) is 32.0 Å². The molecule has 0 aliphatic heterocycles. The molecule has 2 N–H and O–H groups in total. The zero-order valence-electron chi connectivity index (χ0n) is 17.2. The molecule has 7 heteroatoms. The van der Waals surface area contributed by atoms with Crippen molar-refractivity contribution in [2.45, 2.75) is 44.7 Å². The van der Waals surface area contributed by atoms with Gasteiger partial charge in [0.05, 0.1) is 7.11 Å². The second-order valence-corrected chi connectivity index (χ2v) is 7.05. The molecule has 0 aliphatic rings. The quantitative estimate of drug-likeness (QED) is 0.585. The van der Waals surface area contributed by atoms with E-state index in [1.165, 1.54) is 32.2 Å². The van der Waals surface area contributed by atoms with Crippen molar-refractivity contribution in [3.05, 3.63) is 71.5 Å². The van der Waals surface area contributed by atoms with E-state index >= 15 is 0 Å². The van der Waals surface area contributed by atoms with E-state index in [0.29, 0.717) is 18.4 Å². The molecule has 2 atom stereocenters. The molecule has 0 fully saturated rings. The molecular weight excluding hydrogens is 387 g/mol. The van der Waals surface area contributed by atoms with Crippen LogP contribution in [0.1, 0.15) is 30.9 Å². The second kappa shape index (κ2) is 11.7. The van der Waals surface area contributed by atoms with Gasteiger partial charge in [-0.2, -0.15) is 0 Å². The highest BCUT2D eigenvalue weighted by Gasteiger charge is 2.26. The van der Waals surface area contributed by atoms with Crippen molar-refractivity contribution >= 4 is 17.8 Å². The first-order valence-corrected chi connectivity index (χ1v) is 9.82. The lowest BCUT2D eigenvalue weighted by molar-refractivity contribution is -0.145. The molecule has 0 saturated carbocycles. The van der Waals surface area contributed by atoms with Crippen LogP contribution in [0.3, 0.4) is 0 Å². The van der Waals surface area contributed by atoms with Gasteiger partial charge in [-0.15, -0.1) is 0 Å². The van der Waals surface area contributed by atoms with Gasteiger partial charge < -0.3 is 15.4 Å². The van der Waals surface area contributed by atoms with Gasteiger partial charge in [0, 0.05) is 13.3 Å². The van der Waals surface area contributed by atoms with Gasteiger partial charge in [-0.3, -0.25) is 9.59 Å². The van der Waals surface area contributed by atoms with Crippen LogP contribution in [0.25, 0.3) is 0 Å². The predicted octanol–water partition coefficient (Wildman–Crippen LogP) is 2.55. The molecule has 0 aromatic heterocycles. The molecule has 2 rings (SSSR count). The lowest BCUT2D eigenvalue weighted by Crippen LogP contribution is -2.52. The molecule has 0 heterocycles. The lowest BCUT2D eigenvalue weighted by atomic mass is 10.0. The molecule has 2 amide bonds. The third kappa shape index (κ3) is 7.66. The number of benzene rings is 2. The van der Waals surface area contributed by atoms with Crippen LogP contribution in [-0.4, -0.2) is 37.0 Å². The average molecular weight is 414 g/mol. The van der Waals surface area contributed by atoms with Crippen LogP contribution in [0.2, 0.25) is 0 Å². The minimum absolute atomic E-state index is 0.0983. The fourth-order valence-corrected chi connectivity index (χ4v) is 3.17. The lowest BCUT2D eigenvalue weighted by Gasteiger charge is -2.22. The van der Waals surface area contributed by atoms with Crippen molar-refractivity contribution in [3.8, 4) is 0 Å². The van der Waals surface area contributed by atoms with Crippen molar-refractivity contribution < 1.29 is 23.5 Å². The largest absolute Gasteiger partial charge is 0.467 e. The summed E-state index contributed by atoms with van der Waals surface area (Å²) >= 11 is 0. The van der Waals surface area contributed by atoms with E-state index in [0.717, 1.165) is 12.0 Å². The monoisotopic (exact) mass is 414 g/mol. The number of carbonyl (C=O) groups excluding carboxylic acids is 3. The molecule has 0 radical (unpaired) electrons. The third-order valence-electron chi connectivity index (χ3n) is 4.63. The molecule has 160 valence electrons. The summed E-state index contributed by atoms with van der Waals surface area (Å²) in [5, 5.41) is 5.24. The number of halogens is 1. The summed E-state index contributed by atoms with van der Waals surface area (Å²) in [6, 6.07) is 13.9. The maximum Gasteiger partial charge on any atom is 0.328 e. The Labute approximate surface area is 175 Å². The molecule has 0 aliphatic carbocycles. The molecule has 0 saturated heterocycles. The van der Waals surface area contributed by atoms with Gasteiger partial charge in [0.25, 0.3) is 0 Å². The Kier molecular flexibility index (Phi) is 9.00. The number of esters is 1. The van der Waals surface area contributed by atoms with E-state index in [2.05, 4.69) is 10.6 Å². The third-order valence-corrected chi connectivity index (χ3v) is 4.63. The van der Waals surface area contributed by atoms with E-state index in [1.807, 2.05) is 30.3 Å². The molecule has 6 nitrogen and oxygen atoms in total. The normalized spacial score (nSPS) is 12.5. The Morgan fingerprint density at radius 2 is 1.67 bits per heavy atom. The zero-order chi connectivity index (χ0) is 21.9. The number of nitrogens with one attached hydrogen (secondary N) is 2. The van der Waals surface area contributed by atoms with Crippen LogP contribution in [0, 0.1) is 5.82 Å². The number of amides is 2. The van der Waals surface area contributed by atoms with E-state index in [4.69, 9.17) is 4.74 Å². The van der Waals surface area contributed by atoms with Crippen LogP contribution >= 0.6 is 0 Å². The van der Waals surface area contributed by atoms with Crippen LogP contribution in [0.15, 0.2) is 54.6 Å². The topological polar surface area (TPSA) is 84.5 Å². The van der Waals surface area contributed by atoms with Crippen molar-refractivity contribution in [2.75, 3.05) is 7.11 Å². The Morgan fingerprint density at radius 1 is 0.967 bits per heavy atom. The molecule has 2 aromatic rings. The van der Waals surface area contributed by atoms with E-state index in [1.54, 1.807) is 6.07 Å². The number of ether oxygens (including phenoxy) is 1. The highest BCUT2D eigenvalue weighted by Crippen LogP contribution is 2.10. The fraction of sp³-hybridized carbons (Fsp3) is 0.348. The van der Waals surface area contributed by atoms with Crippen LogP contribution in [0.5, 0.6) is 0 Å². The van der Waals surface area contributed by atoms with Gasteiger partial charge >= 0.3 is 5.97 Å². The number of rotatable bonds is 10. The predicted molar refractivity (Wildman–Crippen MR) is 111 cm³/mol. The molecule has 0 bridgehead atoms. The van der Waals surface area contributed by atoms with Crippen LogP contribution in [0.4, 0.5) is 4.39 Å². The maximum absolute atomic E-state index is 13.5. The molecule has 30 heavy (non-hydrogen) atoms. The van der Waals surface area contributed by atoms with E-state index < -0.39 is 35.7 Å². The van der Waals surface area contributed by atoms with Gasteiger partial charge in [0.2, 0.25) is 11.8 Å². The maximum atomic E-state index is 13.5. The smallest absolute Gasteiger partial charge is 0.328 e. The van der Waals surface area contributed by atoms with E-state index in [-0.39, 0.29) is 6.42 Å². The summed E-state index contributed by atoms with van der Waals surface area (Å²) < 4.78 is 18.3. The van der Waals surface area contributed by atoms with E-state index in [9.17, 15) is 18.8 Å². The standard InChI is InChI=1S/C23H27FN2O4/c1-16(27)25-21(15-18-11-6-12-19(24)14-18)22(28)26-20(23(29)30-2)13-7-10-17-8-4-3-5-9-17/h3-6,8-9,11-12,14,20-21H,7,10,13,15H2,1-2H3,(H,25,27)(H,26,28)/t20-,21+/m0/s1. The van der Waals surface area contributed by atoms with Gasteiger partial charge in [0.1, 0.15) is 17.9 Å². The van der Waals surface area contributed by atoms with Gasteiger partial charge in [-0.05, 0) is 42.5 Å². The number of aryl methyl sites for hydroxylation is 1. The number of carbonyl (C=O) groups is 3. The first kappa shape index (κ1) is 23.1. The van der Waals surface area contributed by atoms with Crippen LogP contribution < -0.4 is 10.6 Å². The summed E-state index contributed by atoms with van der Waals surface area (Å²) in [4.78, 5) is 36.5. The molecule has 0 spiro atoms. The minimum atomic E-state index is -0.939. The van der Waals surface area contributed by atoms with Crippen molar-refractivity contribution in [2.24, 2.45) is 0 Å². The fourth-order valence-electron chi connectivity index (χ4n) is 3.17. The van der Waals surface area contributed by atoms with Gasteiger partial charge in [-0.25, -0.2) is 9.18 Å². The second-order valence-electron chi connectivity index (χ2n) is 7.05. The highest BCUT2D eigenvalue weighted by atomic mass is 19.1. The number of methoxy groups -OCH3 is 1. The first-order valence-electron chi connectivity index (χ1n) is 9.82.